The lowest BCUT2D eigenvalue weighted by molar-refractivity contribution is 0.128. The molecule has 134 valence electrons. The van der Waals surface area contributed by atoms with Gasteiger partial charge in [-0.2, -0.15) is 0 Å². The Morgan fingerprint density at radius 3 is 2.67 bits per heavy atom. The number of halogens is 1. The highest BCUT2D eigenvalue weighted by atomic mass is 35.5. The summed E-state index contributed by atoms with van der Waals surface area (Å²) in [7, 11) is 3.83. The van der Waals surface area contributed by atoms with Crippen LogP contribution in [0.15, 0.2) is 12.1 Å². The third-order valence-electron chi connectivity index (χ3n) is 4.37. The topological polar surface area (TPSA) is 94.0 Å². The van der Waals surface area contributed by atoms with E-state index in [-0.39, 0.29) is 11.4 Å². The van der Waals surface area contributed by atoms with Crippen LogP contribution in [0, 0.1) is 0 Å². The molecular weight excluding hydrogens is 332 g/mol. The summed E-state index contributed by atoms with van der Waals surface area (Å²) in [5, 5.41) is 0.538. The molecule has 1 heterocycles. The van der Waals surface area contributed by atoms with E-state index in [0.29, 0.717) is 11.1 Å². The molecule has 1 saturated heterocycles. The van der Waals surface area contributed by atoms with Crippen LogP contribution in [0.3, 0.4) is 0 Å². The lowest BCUT2D eigenvalue weighted by atomic mass is 10.0. The first kappa shape index (κ1) is 18.6. The standard InChI is InChI=1S/C16H25ClN4O3/c1-20(7-8-23-2)11-3-5-21(6-4-11)14-10-15(24-16(19)22)13(18)9-12(14)17/h9-11H,3-8,18H2,1-2H3,(H2,19,22). The normalized spacial score (nSPS) is 15.8. The molecule has 0 spiro atoms. The zero-order chi connectivity index (χ0) is 17.7. The summed E-state index contributed by atoms with van der Waals surface area (Å²) in [6.07, 6.45) is 1.15. The van der Waals surface area contributed by atoms with Crippen molar-refractivity contribution in [2.45, 2.75) is 18.9 Å². The molecule has 1 aromatic carbocycles. The largest absolute Gasteiger partial charge is 0.410 e. The smallest absolute Gasteiger partial charge is 0.408 e. The van der Waals surface area contributed by atoms with Gasteiger partial charge in [-0.3, -0.25) is 0 Å². The first-order valence-electron chi connectivity index (χ1n) is 7.92. The van der Waals surface area contributed by atoms with Crippen LogP contribution >= 0.6 is 11.6 Å². The number of hydrogen-bond acceptors (Lipinski definition) is 6. The molecule has 0 radical (unpaired) electrons. The quantitative estimate of drug-likeness (QED) is 0.756. The molecule has 2 rings (SSSR count). The molecule has 1 aliphatic heterocycles. The molecule has 0 unspecified atom stereocenters. The number of carbonyl (C=O) groups is 1. The Labute approximate surface area is 147 Å². The van der Waals surface area contributed by atoms with E-state index in [9.17, 15) is 4.79 Å². The number of nitrogens with two attached hydrogens (primary N) is 2. The third-order valence-corrected chi connectivity index (χ3v) is 4.67. The Balaban J connectivity index is 2.04. The van der Waals surface area contributed by atoms with Crippen molar-refractivity contribution in [2.24, 2.45) is 5.73 Å². The number of nitrogens with zero attached hydrogens (tertiary/aromatic N) is 2. The number of carbonyl (C=O) groups excluding carboxylic acids is 1. The summed E-state index contributed by atoms with van der Waals surface area (Å²) in [5.41, 5.74) is 12.0. The summed E-state index contributed by atoms with van der Waals surface area (Å²) < 4.78 is 10.1. The molecule has 4 N–H and O–H groups in total. The fourth-order valence-electron chi connectivity index (χ4n) is 2.96. The minimum absolute atomic E-state index is 0.237. The molecule has 1 aromatic rings. The lowest BCUT2D eigenvalue weighted by Crippen LogP contribution is -2.44. The minimum atomic E-state index is -0.895. The van der Waals surface area contributed by atoms with Crippen LogP contribution in [0.4, 0.5) is 16.2 Å². The first-order valence-corrected chi connectivity index (χ1v) is 8.30. The van der Waals surface area contributed by atoms with E-state index >= 15 is 0 Å². The van der Waals surface area contributed by atoms with Gasteiger partial charge in [-0.05, 0) is 26.0 Å². The van der Waals surface area contributed by atoms with Gasteiger partial charge in [-0.1, -0.05) is 11.6 Å². The highest BCUT2D eigenvalue weighted by Crippen LogP contribution is 2.36. The predicted molar refractivity (Wildman–Crippen MR) is 95.8 cm³/mol. The first-order chi connectivity index (χ1) is 11.4. The molecule has 0 atom stereocenters. The van der Waals surface area contributed by atoms with E-state index in [1.54, 1.807) is 19.2 Å². The fraction of sp³-hybridized carbons (Fsp3) is 0.562. The van der Waals surface area contributed by atoms with Gasteiger partial charge in [0.05, 0.1) is 23.0 Å². The lowest BCUT2D eigenvalue weighted by Gasteiger charge is -2.38. The molecule has 8 heteroatoms. The second-order valence-corrected chi connectivity index (χ2v) is 6.36. The second kappa shape index (κ2) is 8.41. The van der Waals surface area contributed by atoms with Gasteiger partial charge >= 0.3 is 6.09 Å². The zero-order valence-corrected chi connectivity index (χ0v) is 14.9. The maximum Gasteiger partial charge on any atom is 0.410 e. The highest BCUT2D eigenvalue weighted by molar-refractivity contribution is 6.33. The van der Waals surface area contributed by atoms with Crippen LogP contribution in [0.25, 0.3) is 0 Å². The van der Waals surface area contributed by atoms with E-state index in [1.807, 2.05) is 0 Å². The van der Waals surface area contributed by atoms with Crippen molar-refractivity contribution in [1.82, 2.24) is 4.90 Å². The van der Waals surface area contributed by atoms with Crippen LogP contribution in [0.5, 0.6) is 5.75 Å². The Morgan fingerprint density at radius 2 is 2.08 bits per heavy atom. The molecule has 0 aliphatic carbocycles. The molecule has 0 saturated carbocycles. The average Bonchev–Trinajstić information content (AvgIpc) is 2.55. The molecule has 1 amide bonds. The molecule has 1 aliphatic rings. The number of benzene rings is 1. The Hall–Kier alpha value is -1.70. The van der Waals surface area contributed by atoms with E-state index in [1.165, 1.54) is 0 Å². The number of likely N-dealkylation sites (N-methyl/N-ethyl adjacent to an activating group) is 1. The maximum atomic E-state index is 11.0. The third kappa shape index (κ3) is 4.66. The summed E-state index contributed by atoms with van der Waals surface area (Å²) in [6.45, 7) is 3.37. The summed E-state index contributed by atoms with van der Waals surface area (Å²) in [5.74, 6) is 0.237. The van der Waals surface area contributed by atoms with Crippen LogP contribution < -0.4 is 21.1 Å². The number of anilines is 2. The van der Waals surface area contributed by atoms with E-state index in [2.05, 4.69) is 16.8 Å². The van der Waals surface area contributed by atoms with Crippen LogP contribution in [0.1, 0.15) is 12.8 Å². The number of piperidine rings is 1. The van der Waals surface area contributed by atoms with Crippen molar-refractivity contribution in [2.75, 3.05) is 51.0 Å². The number of primary amides is 1. The van der Waals surface area contributed by atoms with Gasteiger partial charge in [0.25, 0.3) is 0 Å². The van der Waals surface area contributed by atoms with Crippen molar-refractivity contribution < 1.29 is 14.3 Å². The number of rotatable bonds is 6. The Morgan fingerprint density at radius 1 is 1.42 bits per heavy atom. The molecule has 0 aromatic heterocycles. The molecular formula is C16H25ClN4O3. The zero-order valence-electron chi connectivity index (χ0n) is 14.1. The number of methoxy groups -OCH3 is 1. The summed E-state index contributed by atoms with van der Waals surface area (Å²) in [4.78, 5) is 15.5. The van der Waals surface area contributed by atoms with Gasteiger partial charge in [-0.25, -0.2) is 4.79 Å². The minimum Gasteiger partial charge on any atom is -0.408 e. The average molecular weight is 357 g/mol. The van der Waals surface area contributed by atoms with Gasteiger partial charge in [0, 0.05) is 38.9 Å². The second-order valence-electron chi connectivity index (χ2n) is 5.95. The van der Waals surface area contributed by atoms with E-state index < -0.39 is 6.09 Å². The van der Waals surface area contributed by atoms with Gasteiger partial charge in [0.1, 0.15) is 0 Å². The monoisotopic (exact) mass is 356 g/mol. The van der Waals surface area contributed by atoms with Gasteiger partial charge in [0.2, 0.25) is 0 Å². The van der Waals surface area contributed by atoms with Crippen molar-refractivity contribution in [3.05, 3.63) is 17.2 Å². The van der Waals surface area contributed by atoms with Gasteiger partial charge in [-0.15, -0.1) is 0 Å². The summed E-state index contributed by atoms with van der Waals surface area (Å²) in [6, 6.07) is 3.79. The van der Waals surface area contributed by atoms with Crippen LogP contribution in [-0.4, -0.2) is 57.4 Å². The molecule has 24 heavy (non-hydrogen) atoms. The fourth-order valence-corrected chi connectivity index (χ4v) is 3.25. The maximum absolute atomic E-state index is 11.0. The van der Waals surface area contributed by atoms with Crippen molar-refractivity contribution >= 4 is 29.1 Å². The van der Waals surface area contributed by atoms with Crippen molar-refractivity contribution in [1.29, 1.82) is 0 Å². The van der Waals surface area contributed by atoms with Crippen LogP contribution in [0.2, 0.25) is 5.02 Å². The Kier molecular flexibility index (Phi) is 6.53. The highest BCUT2D eigenvalue weighted by Gasteiger charge is 2.24. The number of amides is 1. The van der Waals surface area contributed by atoms with E-state index in [4.69, 9.17) is 32.5 Å². The SMILES string of the molecule is COCCN(C)C1CCN(c2cc(OC(N)=O)c(N)cc2Cl)CC1. The van der Waals surface area contributed by atoms with Gasteiger partial charge in [0.15, 0.2) is 5.75 Å². The Bertz CT molecular complexity index is 577. The molecule has 1 fully saturated rings. The molecule has 7 nitrogen and oxygen atoms in total. The predicted octanol–water partition coefficient (Wildman–Crippen LogP) is 1.93. The summed E-state index contributed by atoms with van der Waals surface area (Å²) >= 11 is 6.32. The molecule has 0 bridgehead atoms. The van der Waals surface area contributed by atoms with Crippen molar-refractivity contribution in [3.63, 3.8) is 0 Å². The number of hydrogen-bond donors (Lipinski definition) is 2. The number of nitrogen functional groups attached to an aromatic ring is 1. The van der Waals surface area contributed by atoms with Crippen LogP contribution in [-0.2, 0) is 4.74 Å². The number of ether oxygens (including phenoxy) is 2. The van der Waals surface area contributed by atoms with E-state index in [0.717, 1.165) is 44.8 Å². The van der Waals surface area contributed by atoms with Crippen molar-refractivity contribution in [3.8, 4) is 5.75 Å². The van der Waals surface area contributed by atoms with Gasteiger partial charge < -0.3 is 30.7 Å².